The Morgan fingerprint density at radius 2 is 0.667 bits per heavy atom. The number of quaternary nitrogens is 1. The minimum absolute atomic E-state index is 0.0945. The number of hydrogen-bond donors (Lipinski definition) is 1. The molecule has 0 aromatic carbocycles. The molecule has 2 atom stereocenters. The van der Waals surface area contributed by atoms with Gasteiger partial charge in [-0.15, -0.1) is 0 Å². The van der Waals surface area contributed by atoms with Crippen molar-refractivity contribution >= 4 is 13.8 Å². The van der Waals surface area contributed by atoms with E-state index in [1.54, 1.807) is 0 Å². The molecule has 0 aliphatic rings. The molecule has 0 saturated heterocycles. The molecular formula is C60H123NO7P+. The fourth-order valence-corrected chi connectivity index (χ4v) is 10.2. The van der Waals surface area contributed by atoms with E-state index in [0.717, 1.165) is 32.1 Å². The van der Waals surface area contributed by atoms with E-state index in [2.05, 4.69) is 13.8 Å². The van der Waals surface area contributed by atoms with Gasteiger partial charge in [-0.05, 0) is 12.8 Å². The molecule has 0 saturated carbocycles. The lowest BCUT2D eigenvalue weighted by Gasteiger charge is -2.24. The highest BCUT2D eigenvalue weighted by Crippen LogP contribution is 2.43. The maximum absolute atomic E-state index is 12.8. The number of nitrogens with zero attached hydrogens (tertiary/aromatic N) is 1. The van der Waals surface area contributed by atoms with Crippen LogP contribution in [0.5, 0.6) is 0 Å². The zero-order valence-corrected chi connectivity index (χ0v) is 48.2. The Morgan fingerprint density at radius 1 is 0.391 bits per heavy atom. The van der Waals surface area contributed by atoms with E-state index >= 15 is 0 Å². The number of carbonyl (C=O) groups excluding carboxylic acids is 1. The van der Waals surface area contributed by atoms with Crippen molar-refractivity contribution in [2.24, 2.45) is 0 Å². The largest absolute Gasteiger partial charge is 0.472 e. The third kappa shape index (κ3) is 58.3. The molecule has 0 fully saturated rings. The lowest BCUT2D eigenvalue weighted by Crippen LogP contribution is -2.37. The maximum atomic E-state index is 12.8. The summed E-state index contributed by atoms with van der Waals surface area (Å²) in [7, 11) is 1.70. The number of esters is 1. The number of likely N-dealkylation sites (N-methyl/N-ethyl adjacent to an activating group) is 1. The molecule has 0 bridgehead atoms. The molecule has 414 valence electrons. The molecule has 0 aliphatic heterocycles. The van der Waals surface area contributed by atoms with Crippen LogP contribution in [-0.2, 0) is 27.9 Å². The van der Waals surface area contributed by atoms with E-state index < -0.39 is 13.9 Å². The highest BCUT2D eigenvalue weighted by Gasteiger charge is 2.26. The minimum atomic E-state index is -4.28. The van der Waals surface area contributed by atoms with Crippen molar-refractivity contribution in [3.63, 3.8) is 0 Å². The number of carbonyl (C=O) groups is 1. The molecule has 0 rings (SSSR count). The summed E-state index contributed by atoms with van der Waals surface area (Å²) < 4.78 is 35.3. The number of unbranched alkanes of at least 4 members (excludes halogenated alkanes) is 45. The van der Waals surface area contributed by atoms with Gasteiger partial charge in [-0.2, -0.15) is 0 Å². The fraction of sp³-hybridized carbons (Fsp3) is 0.983. The smallest absolute Gasteiger partial charge is 0.457 e. The topological polar surface area (TPSA) is 91.3 Å². The first-order chi connectivity index (χ1) is 33.6. The molecule has 9 heteroatoms. The molecule has 0 heterocycles. The van der Waals surface area contributed by atoms with Gasteiger partial charge in [0, 0.05) is 13.0 Å². The summed E-state index contributed by atoms with van der Waals surface area (Å²) in [5, 5.41) is 0. The predicted octanol–water partition coefficient (Wildman–Crippen LogP) is 19.5. The molecule has 0 amide bonds. The van der Waals surface area contributed by atoms with Crippen molar-refractivity contribution in [2.75, 3.05) is 54.1 Å². The lowest BCUT2D eigenvalue weighted by molar-refractivity contribution is -0.870. The minimum Gasteiger partial charge on any atom is -0.457 e. The fourth-order valence-electron chi connectivity index (χ4n) is 9.44. The zero-order valence-electron chi connectivity index (χ0n) is 47.3. The Morgan fingerprint density at radius 3 is 0.957 bits per heavy atom. The van der Waals surface area contributed by atoms with Crippen molar-refractivity contribution < 1.29 is 37.3 Å². The second kappa shape index (κ2) is 53.8. The molecule has 0 aromatic heterocycles. The summed E-state index contributed by atoms with van der Waals surface area (Å²) >= 11 is 0. The van der Waals surface area contributed by atoms with Crippen LogP contribution in [0.15, 0.2) is 0 Å². The monoisotopic (exact) mass is 1000 g/mol. The van der Waals surface area contributed by atoms with Gasteiger partial charge in [0.15, 0.2) is 0 Å². The average Bonchev–Trinajstić information content (AvgIpc) is 3.31. The van der Waals surface area contributed by atoms with Gasteiger partial charge in [0.2, 0.25) is 0 Å². The summed E-state index contributed by atoms with van der Waals surface area (Å²) in [5.74, 6) is -0.302. The third-order valence-corrected chi connectivity index (χ3v) is 15.2. The van der Waals surface area contributed by atoms with Crippen LogP contribution in [0.1, 0.15) is 322 Å². The Balaban J connectivity index is 3.95. The van der Waals surface area contributed by atoms with Gasteiger partial charge >= 0.3 is 13.8 Å². The second-order valence-electron chi connectivity index (χ2n) is 22.5. The molecule has 0 aromatic rings. The van der Waals surface area contributed by atoms with Gasteiger partial charge in [0.25, 0.3) is 0 Å². The van der Waals surface area contributed by atoms with E-state index in [1.165, 1.54) is 270 Å². The first-order valence-corrected chi connectivity index (χ1v) is 32.3. The summed E-state index contributed by atoms with van der Waals surface area (Å²) in [4.78, 5) is 23.1. The van der Waals surface area contributed by atoms with E-state index in [0.29, 0.717) is 24.1 Å². The molecule has 8 nitrogen and oxygen atoms in total. The number of rotatable bonds is 59. The number of hydrogen-bond acceptors (Lipinski definition) is 6. The van der Waals surface area contributed by atoms with Crippen LogP contribution in [0.3, 0.4) is 0 Å². The normalized spacial score (nSPS) is 13.3. The summed E-state index contributed by atoms with van der Waals surface area (Å²) in [5.41, 5.74) is 0. The second-order valence-corrected chi connectivity index (χ2v) is 23.9. The van der Waals surface area contributed by atoms with Gasteiger partial charge in [0.05, 0.1) is 34.4 Å². The zero-order chi connectivity index (χ0) is 50.5. The van der Waals surface area contributed by atoms with E-state index in [9.17, 15) is 14.3 Å². The SMILES string of the molecule is CCCCCCCCCCCCCCCCCCCCCCCCCCCCCC(=O)O[C@H](COCCCCCCCCCCCCCCCCCCCCCC)COP(=O)(O)OCC[N+](C)(C)C. The first-order valence-electron chi connectivity index (χ1n) is 30.8. The van der Waals surface area contributed by atoms with Gasteiger partial charge in [-0.25, -0.2) is 4.57 Å². The quantitative estimate of drug-likeness (QED) is 0.0281. The van der Waals surface area contributed by atoms with Gasteiger partial charge in [-0.3, -0.25) is 13.8 Å². The van der Waals surface area contributed by atoms with Gasteiger partial charge in [0.1, 0.15) is 19.3 Å². The first kappa shape index (κ1) is 68.5. The summed E-state index contributed by atoms with van der Waals surface area (Å²) in [6.45, 7) is 5.73. The van der Waals surface area contributed by atoms with E-state index in [1.807, 2.05) is 21.1 Å². The summed E-state index contributed by atoms with van der Waals surface area (Å²) in [6, 6.07) is 0. The maximum Gasteiger partial charge on any atom is 0.472 e. The number of phosphoric acid groups is 1. The molecule has 1 N–H and O–H groups in total. The van der Waals surface area contributed by atoms with E-state index in [4.69, 9.17) is 18.5 Å². The average molecular weight is 1000 g/mol. The number of ether oxygens (including phenoxy) is 2. The van der Waals surface area contributed by atoms with Crippen LogP contribution >= 0.6 is 7.82 Å². The Bertz CT molecular complexity index is 1070. The van der Waals surface area contributed by atoms with Crippen molar-refractivity contribution in [1.29, 1.82) is 0 Å². The summed E-state index contributed by atoms with van der Waals surface area (Å²) in [6.07, 6.45) is 63.2. The van der Waals surface area contributed by atoms with Crippen molar-refractivity contribution in [2.45, 2.75) is 328 Å². The van der Waals surface area contributed by atoms with Crippen molar-refractivity contribution in [3.8, 4) is 0 Å². The Hall–Kier alpha value is -0.500. The van der Waals surface area contributed by atoms with Crippen LogP contribution in [0.4, 0.5) is 0 Å². The van der Waals surface area contributed by atoms with Crippen LogP contribution in [0.25, 0.3) is 0 Å². The van der Waals surface area contributed by atoms with Crippen molar-refractivity contribution in [1.82, 2.24) is 0 Å². The molecule has 0 spiro atoms. The standard InChI is InChI=1S/C60H122NO7P/c1-6-8-10-12-14-16-18-20-22-24-26-28-29-30-31-32-33-34-35-37-39-41-43-45-47-49-51-53-60(62)68-59(58-67-69(63,64)66-56-54-61(3,4)5)57-65-55-52-50-48-46-44-42-40-38-36-27-25-23-21-19-17-15-13-11-9-7-2/h59H,6-58H2,1-5H3/p+1/t59-/m1/s1. The van der Waals surface area contributed by atoms with Crippen molar-refractivity contribution in [3.05, 3.63) is 0 Å². The van der Waals surface area contributed by atoms with Crippen LogP contribution in [-0.4, -0.2) is 75.6 Å². The highest BCUT2D eigenvalue weighted by molar-refractivity contribution is 7.47. The molecular weight excluding hydrogens is 878 g/mol. The highest BCUT2D eigenvalue weighted by atomic mass is 31.2. The molecule has 1 unspecified atom stereocenters. The van der Waals surface area contributed by atoms with E-state index in [-0.39, 0.29) is 25.8 Å². The molecule has 0 radical (unpaired) electrons. The van der Waals surface area contributed by atoms with Crippen LogP contribution in [0.2, 0.25) is 0 Å². The van der Waals surface area contributed by atoms with Gasteiger partial charge in [-0.1, -0.05) is 303 Å². The number of phosphoric ester groups is 1. The van der Waals surface area contributed by atoms with Crippen LogP contribution < -0.4 is 0 Å². The Labute approximate surface area is 431 Å². The molecule has 69 heavy (non-hydrogen) atoms. The van der Waals surface area contributed by atoms with Gasteiger partial charge < -0.3 is 18.9 Å². The van der Waals surface area contributed by atoms with Crippen LogP contribution in [0, 0.1) is 0 Å². The lowest BCUT2D eigenvalue weighted by atomic mass is 10.0. The third-order valence-electron chi connectivity index (χ3n) is 14.2. The predicted molar refractivity (Wildman–Crippen MR) is 298 cm³/mol. The Kier molecular flexibility index (Phi) is 53.4. The molecule has 0 aliphatic carbocycles.